The molecule has 0 spiro atoms. The van der Waals surface area contributed by atoms with Crippen molar-refractivity contribution in [3.05, 3.63) is 70.6 Å². The molecular weight excluding hydrogens is 394 g/mol. The maximum Gasteiger partial charge on any atom is 0.307 e. The largest absolute Gasteiger partial charge is 0.489 e. The maximum absolute atomic E-state index is 12.6. The standard InChI is InChI=1S/C21H19NO4S2/c1-25-19(23)10-11-22-20(24)18(28-21(22)27)13-16-8-5-9-17(12-16)26-14-15-6-3-2-4-7-15/h2-9,12-13H,10-11,14H2,1H3/b18-13-. The van der Waals surface area contributed by atoms with Gasteiger partial charge in [0.2, 0.25) is 0 Å². The lowest BCUT2D eigenvalue weighted by atomic mass is 10.2. The molecule has 1 amide bonds. The Hall–Kier alpha value is -2.64. The molecule has 0 bridgehead atoms. The van der Waals surface area contributed by atoms with E-state index in [2.05, 4.69) is 4.74 Å². The molecule has 0 unspecified atom stereocenters. The number of carbonyl (C=O) groups excluding carboxylic acids is 2. The second kappa shape index (κ2) is 9.52. The summed E-state index contributed by atoms with van der Waals surface area (Å²) in [5.41, 5.74) is 1.93. The van der Waals surface area contributed by atoms with Gasteiger partial charge in [0.25, 0.3) is 5.91 Å². The number of ether oxygens (including phenoxy) is 2. The molecule has 0 N–H and O–H groups in total. The van der Waals surface area contributed by atoms with Crippen LogP contribution in [0.3, 0.4) is 0 Å². The quantitative estimate of drug-likeness (QED) is 0.388. The van der Waals surface area contributed by atoms with Crippen LogP contribution < -0.4 is 4.74 Å². The molecule has 1 heterocycles. The van der Waals surface area contributed by atoms with Gasteiger partial charge in [0.15, 0.2) is 0 Å². The summed E-state index contributed by atoms with van der Waals surface area (Å²) in [5.74, 6) is 0.148. The zero-order chi connectivity index (χ0) is 19.9. The Bertz CT molecular complexity index is 912. The zero-order valence-electron chi connectivity index (χ0n) is 15.3. The lowest BCUT2D eigenvalue weighted by Gasteiger charge is -2.13. The third kappa shape index (κ3) is 5.21. The monoisotopic (exact) mass is 413 g/mol. The Kier molecular flexibility index (Phi) is 6.84. The minimum atomic E-state index is -0.374. The fourth-order valence-corrected chi connectivity index (χ4v) is 3.89. The Balaban J connectivity index is 1.67. The second-order valence-electron chi connectivity index (χ2n) is 6.01. The van der Waals surface area contributed by atoms with E-state index in [1.165, 1.54) is 23.8 Å². The van der Waals surface area contributed by atoms with E-state index in [1.807, 2.05) is 54.6 Å². The number of hydrogen-bond acceptors (Lipinski definition) is 6. The van der Waals surface area contributed by atoms with Crippen LogP contribution in [0.2, 0.25) is 0 Å². The van der Waals surface area contributed by atoms with E-state index in [9.17, 15) is 9.59 Å². The molecule has 144 valence electrons. The summed E-state index contributed by atoms with van der Waals surface area (Å²) in [4.78, 5) is 25.9. The van der Waals surface area contributed by atoms with Gasteiger partial charge in [0.05, 0.1) is 18.4 Å². The van der Waals surface area contributed by atoms with E-state index < -0.39 is 0 Å². The molecule has 7 heteroatoms. The number of nitrogens with zero attached hydrogens (tertiary/aromatic N) is 1. The molecule has 1 aliphatic rings. The second-order valence-corrected chi connectivity index (χ2v) is 7.68. The van der Waals surface area contributed by atoms with Crippen molar-refractivity contribution in [3.8, 4) is 5.75 Å². The van der Waals surface area contributed by atoms with E-state index in [0.29, 0.717) is 15.8 Å². The highest BCUT2D eigenvalue weighted by atomic mass is 32.2. The highest BCUT2D eigenvalue weighted by Crippen LogP contribution is 2.33. The molecule has 2 aromatic rings. The molecular formula is C21H19NO4S2. The first-order valence-corrected chi connectivity index (χ1v) is 9.88. The number of amides is 1. The van der Waals surface area contributed by atoms with Crippen LogP contribution in [0.1, 0.15) is 17.5 Å². The fourth-order valence-electron chi connectivity index (χ4n) is 2.58. The summed E-state index contributed by atoms with van der Waals surface area (Å²) in [6.07, 6.45) is 1.89. The van der Waals surface area contributed by atoms with Crippen molar-refractivity contribution in [2.24, 2.45) is 0 Å². The molecule has 1 saturated heterocycles. The highest BCUT2D eigenvalue weighted by molar-refractivity contribution is 8.26. The van der Waals surface area contributed by atoms with Crippen LogP contribution in [0.5, 0.6) is 5.75 Å². The van der Waals surface area contributed by atoms with Crippen LogP contribution in [-0.2, 0) is 20.9 Å². The van der Waals surface area contributed by atoms with Crippen molar-refractivity contribution < 1.29 is 19.1 Å². The number of thioether (sulfide) groups is 1. The minimum absolute atomic E-state index is 0.110. The van der Waals surface area contributed by atoms with Gasteiger partial charge in [0.1, 0.15) is 16.7 Å². The van der Waals surface area contributed by atoms with Crippen LogP contribution >= 0.6 is 24.0 Å². The average molecular weight is 414 g/mol. The van der Waals surface area contributed by atoms with E-state index in [4.69, 9.17) is 17.0 Å². The third-order valence-electron chi connectivity index (χ3n) is 4.04. The topological polar surface area (TPSA) is 55.8 Å². The van der Waals surface area contributed by atoms with E-state index in [0.717, 1.165) is 16.9 Å². The molecule has 0 aliphatic carbocycles. The van der Waals surface area contributed by atoms with Crippen molar-refractivity contribution in [2.45, 2.75) is 13.0 Å². The summed E-state index contributed by atoms with van der Waals surface area (Å²) < 4.78 is 10.9. The smallest absolute Gasteiger partial charge is 0.307 e. The summed E-state index contributed by atoms with van der Waals surface area (Å²) >= 11 is 6.50. The Morgan fingerprint density at radius 2 is 1.96 bits per heavy atom. The number of rotatable bonds is 7. The molecule has 0 radical (unpaired) electrons. The molecule has 0 atom stereocenters. The predicted molar refractivity (Wildman–Crippen MR) is 114 cm³/mol. The Morgan fingerprint density at radius 1 is 1.18 bits per heavy atom. The first-order chi connectivity index (χ1) is 13.6. The summed E-state index contributed by atoms with van der Waals surface area (Å²) in [6.45, 7) is 0.689. The van der Waals surface area contributed by atoms with Gasteiger partial charge in [-0.1, -0.05) is 66.4 Å². The molecule has 1 aliphatic heterocycles. The zero-order valence-corrected chi connectivity index (χ0v) is 16.9. The average Bonchev–Trinajstić information content (AvgIpc) is 2.98. The molecule has 2 aromatic carbocycles. The van der Waals surface area contributed by atoms with Crippen LogP contribution in [0, 0.1) is 0 Å². The van der Waals surface area contributed by atoms with Gasteiger partial charge in [-0.2, -0.15) is 0 Å². The minimum Gasteiger partial charge on any atom is -0.489 e. The van der Waals surface area contributed by atoms with Gasteiger partial charge >= 0.3 is 5.97 Å². The van der Waals surface area contributed by atoms with Crippen molar-refractivity contribution >= 4 is 46.3 Å². The van der Waals surface area contributed by atoms with Crippen LogP contribution in [0.4, 0.5) is 0 Å². The Morgan fingerprint density at radius 3 is 2.71 bits per heavy atom. The molecule has 0 saturated carbocycles. The summed E-state index contributed by atoms with van der Waals surface area (Å²) in [6, 6.07) is 17.4. The van der Waals surface area contributed by atoms with Crippen LogP contribution in [0.15, 0.2) is 59.5 Å². The van der Waals surface area contributed by atoms with Gasteiger partial charge in [-0.15, -0.1) is 0 Å². The number of carbonyl (C=O) groups is 2. The summed E-state index contributed by atoms with van der Waals surface area (Å²) in [7, 11) is 1.32. The number of hydrogen-bond donors (Lipinski definition) is 0. The number of esters is 1. The molecule has 0 aromatic heterocycles. The van der Waals surface area contributed by atoms with Crippen molar-refractivity contribution in [3.63, 3.8) is 0 Å². The van der Waals surface area contributed by atoms with Crippen LogP contribution in [0.25, 0.3) is 6.08 Å². The van der Waals surface area contributed by atoms with Crippen LogP contribution in [-0.4, -0.2) is 34.8 Å². The van der Waals surface area contributed by atoms with Gasteiger partial charge < -0.3 is 9.47 Å². The third-order valence-corrected chi connectivity index (χ3v) is 5.42. The molecule has 1 fully saturated rings. The van der Waals surface area contributed by atoms with Gasteiger partial charge in [-0.3, -0.25) is 14.5 Å². The normalized spacial score (nSPS) is 15.2. The Labute approximate surface area is 173 Å². The maximum atomic E-state index is 12.6. The molecule has 5 nitrogen and oxygen atoms in total. The van der Waals surface area contributed by atoms with Crippen molar-refractivity contribution in [1.82, 2.24) is 4.90 Å². The number of thiocarbonyl (C=S) groups is 1. The van der Waals surface area contributed by atoms with Crippen molar-refractivity contribution in [2.75, 3.05) is 13.7 Å². The summed E-state index contributed by atoms with van der Waals surface area (Å²) in [5, 5.41) is 0. The highest BCUT2D eigenvalue weighted by Gasteiger charge is 2.32. The number of methoxy groups -OCH3 is 1. The van der Waals surface area contributed by atoms with E-state index in [1.54, 1.807) is 6.08 Å². The lowest BCUT2D eigenvalue weighted by Crippen LogP contribution is -2.30. The van der Waals surface area contributed by atoms with Gasteiger partial charge in [0, 0.05) is 6.54 Å². The van der Waals surface area contributed by atoms with Crippen molar-refractivity contribution in [1.29, 1.82) is 0 Å². The van der Waals surface area contributed by atoms with Gasteiger partial charge in [-0.05, 0) is 29.3 Å². The molecule has 28 heavy (non-hydrogen) atoms. The molecule has 3 rings (SSSR count). The fraction of sp³-hybridized carbons (Fsp3) is 0.190. The van der Waals surface area contributed by atoms with E-state index >= 15 is 0 Å². The predicted octanol–water partition coefficient (Wildman–Crippen LogP) is 4.03. The number of benzene rings is 2. The lowest BCUT2D eigenvalue weighted by molar-refractivity contribution is -0.140. The first-order valence-electron chi connectivity index (χ1n) is 8.66. The van der Waals surface area contributed by atoms with Gasteiger partial charge in [-0.25, -0.2) is 0 Å². The first kappa shape index (κ1) is 20.1. The van der Waals surface area contributed by atoms with E-state index in [-0.39, 0.29) is 24.8 Å². The SMILES string of the molecule is COC(=O)CCN1C(=O)/C(=C/c2cccc(OCc3ccccc3)c2)SC1=S.